The molecule has 0 aromatic rings. The first kappa shape index (κ1) is 55.2. The molecule has 0 saturated carbocycles. The van der Waals surface area contributed by atoms with Gasteiger partial charge in [0.1, 0.15) is 6.61 Å². The third kappa shape index (κ3) is 43.6. The van der Waals surface area contributed by atoms with Crippen molar-refractivity contribution in [3.8, 4) is 0 Å². The summed E-state index contributed by atoms with van der Waals surface area (Å²) in [6.45, 7) is 3.70. The molecular weight excluding hydrogens is 737 g/mol. The Morgan fingerprint density at radius 1 is 0.526 bits per heavy atom. The Labute approximate surface area is 350 Å². The predicted molar refractivity (Wildman–Crippen MR) is 238 cm³/mol. The zero-order chi connectivity index (χ0) is 41.8. The SMILES string of the molecule is CCCCCCCC/C=C/CCCCCCCCCCCC(=O)O[C@H](COC(=O)CCC/C=C/C/C=C/CCCCCCCCCCC)COP(=O)(O)OCCN. The molecule has 0 saturated heterocycles. The van der Waals surface area contributed by atoms with Gasteiger partial charge in [-0.2, -0.15) is 0 Å². The number of phosphoric acid groups is 1. The molecule has 57 heavy (non-hydrogen) atoms. The van der Waals surface area contributed by atoms with E-state index in [0.29, 0.717) is 12.8 Å². The molecule has 10 heteroatoms. The molecule has 0 spiro atoms. The summed E-state index contributed by atoms with van der Waals surface area (Å²) in [6.07, 6.45) is 49.0. The molecule has 0 amide bonds. The highest BCUT2D eigenvalue weighted by Gasteiger charge is 2.26. The van der Waals surface area contributed by atoms with Gasteiger partial charge in [0.25, 0.3) is 0 Å². The molecule has 0 aromatic heterocycles. The Morgan fingerprint density at radius 2 is 0.930 bits per heavy atom. The number of rotatable bonds is 44. The van der Waals surface area contributed by atoms with E-state index in [1.54, 1.807) is 0 Å². The molecule has 3 N–H and O–H groups in total. The molecule has 0 bridgehead atoms. The summed E-state index contributed by atoms with van der Waals surface area (Å²) >= 11 is 0. The molecular formula is C47H88NO8P. The van der Waals surface area contributed by atoms with Crippen molar-refractivity contribution in [2.24, 2.45) is 5.73 Å². The Balaban J connectivity index is 4.15. The first-order valence-corrected chi connectivity index (χ1v) is 25.0. The van der Waals surface area contributed by atoms with E-state index in [1.807, 2.05) is 0 Å². The summed E-state index contributed by atoms with van der Waals surface area (Å²) in [7, 11) is -4.39. The van der Waals surface area contributed by atoms with Crippen LogP contribution < -0.4 is 5.73 Å². The molecule has 334 valence electrons. The topological polar surface area (TPSA) is 134 Å². The van der Waals surface area contributed by atoms with Crippen LogP contribution in [0.5, 0.6) is 0 Å². The number of phosphoric ester groups is 1. The average Bonchev–Trinajstić information content (AvgIpc) is 3.20. The third-order valence-corrected chi connectivity index (χ3v) is 11.0. The molecule has 9 nitrogen and oxygen atoms in total. The number of allylic oxidation sites excluding steroid dienone is 6. The fraction of sp³-hybridized carbons (Fsp3) is 0.830. The Bertz CT molecular complexity index is 1030. The monoisotopic (exact) mass is 826 g/mol. The number of unbranched alkanes of at least 4 members (excludes halogenated alkanes) is 25. The van der Waals surface area contributed by atoms with E-state index >= 15 is 0 Å². The maximum absolute atomic E-state index is 12.6. The van der Waals surface area contributed by atoms with Crippen molar-refractivity contribution in [2.45, 2.75) is 225 Å². The molecule has 0 fully saturated rings. The van der Waals surface area contributed by atoms with Crippen molar-refractivity contribution in [3.05, 3.63) is 36.5 Å². The minimum atomic E-state index is -4.39. The van der Waals surface area contributed by atoms with E-state index in [2.05, 4.69) is 50.3 Å². The summed E-state index contributed by atoms with van der Waals surface area (Å²) < 4.78 is 32.8. The van der Waals surface area contributed by atoms with Crippen LogP contribution in [-0.4, -0.2) is 49.3 Å². The van der Waals surface area contributed by atoms with Gasteiger partial charge in [-0.15, -0.1) is 0 Å². The van der Waals surface area contributed by atoms with Gasteiger partial charge < -0.3 is 20.1 Å². The molecule has 0 aliphatic carbocycles. The molecule has 0 radical (unpaired) electrons. The van der Waals surface area contributed by atoms with Crippen LogP contribution in [0.2, 0.25) is 0 Å². The zero-order valence-corrected chi connectivity index (χ0v) is 37.7. The largest absolute Gasteiger partial charge is 0.472 e. The minimum absolute atomic E-state index is 0.0481. The van der Waals surface area contributed by atoms with Gasteiger partial charge in [-0.1, -0.05) is 179 Å². The Hall–Kier alpha value is -1.77. The third-order valence-electron chi connectivity index (χ3n) is 10.00. The van der Waals surface area contributed by atoms with Crippen LogP contribution in [0.4, 0.5) is 0 Å². The number of hydrogen-bond donors (Lipinski definition) is 2. The number of nitrogens with two attached hydrogens (primary N) is 1. The van der Waals surface area contributed by atoms with E-state index in [1.165, 1.54) is 141 Å². The number of ether oxygens (including phenoxy) is 2. The summed E-state index contributed by atoms with van der Waals surface area (Å²) in [6, 6.07) is 0. The van der Waals surface area contributed by atoms with E-state index in [9.17, 15) is 19.0 Å². The number of carbonyl (C=O) groups is 2. The lowest BCUT2D eigenvalue weighted by atomic mass is 10.1. The van der Waals surface area contributed by atoms with Gasteiger partial charge in [-0.05, 0) is 64.2 Å². The summed E-state index contributed by atoms with van der Waals surface area (Å²) in [5.74, 6) is -0.879. The standard InChI is InChI=1S/C47H88NO8P/c1-3-5-7-9-11-13-15-17-19-21-22-24-26-28-30-32-34-36-38-40-47(50)56-45(44-55-57(51,52)54-42-41-48)43-53-46(49)39-37-35-33-31-29-27-25-23-20-18-16-14-12-10-8-6-4-2/h17,19,25,27,31,33,45H,3-16,18,20-24,26,28-30,32,34-44,48H2,1-2H3,(H,51,52)/b19-17+,27-25+,33-31+/t45-/m1/s1. The second-order valence-electron chi connectivity index (χ2n) is 15.6. The molecule has 0 rings (SSSR count). The fourth-order valence-electron chi connectivity index (χ4n) is 6.49. The van der Waals surface area contributed by atoms with Crippen LogP contribution in [0.25, 0.3) is 0 Å². The molecule has 0 aromatic carbocycles. The van der Waals surface area contributed by atoms with Gasteiger partial charge in [-0.3, -0.25) is 18.6 Å². The van der Waals surface area contributed by atoms with E-state index in [4.69, 9.17) is 24.3 Å². The predicted octanol–water partition coefficient (Wildman–Crippen LogP) is 13.7. The number of hydrogen-bond acceptors (Lipinski definition) is 8. The van der Waals surface area contributed by atoms with Crippen LogP contribution >= 0.6 is 7.82 Å². The van der Waals surface area contributed by atoms with Crippen molar-refractivity contribution < 1.29 is 37.6 Å². The minimum Gasteiger partial charge on any atom is -0.462 e. The number of esters is 2. The fourth-order valence-corrected chi connectivity index (χ4v) is 7.26. The first-order valence-electron chi connectivity index (χ1n) is 23.5. The molecule has 1 unspecified atom stereocenters. The summed E-state index contributed by atoms with van der Waals surface area (Å²) in [5.41, 5.74) is 5.35. The first-order chi connectivity index (χ1) is 27.8. The highest BCUT2D eigenvalue weighted by molar-refractivity contribution is 7.47. The summed E-state index contributed by atoms with van der Waals surface area (Å²) in [4.78, 5) is 34.9. The normalized spacial score (nSPS) is 13.5. The highest BCUT2D eigenvalue weighted by Crippen LogP contribution is 2.43. The maximum atomic E-state index is 12.6. The average molecular weight is 826 g/mol. The highest BCUT2D eigenvalue weighted by atomic mass is 31.2. The molecule has 0 heterocycles. The lowest BCUT2D eigenvalue weighted by molar-refractivity contribution is -0.161. The Morgan fingerprint density at radius 3 is 1.40 bits per heavy atom. The lowest BCUT2D eigenvalue weighted by Crippen LogP contribution is -2.29. The quantitative estimate of drug-likeness (QED) is 0.0266. The van der Waals surface area contributed by atoms with Crippen molar-refractivity contribution in [3.63, 3.8) is 0 Å². The van der Waals surface area contributed by atoms with Gasteiger partial charge in [-0.25, -0.2) is 4.57 Å². The molecule has 0 aliphatic heterocycles. The van der Waals surface area contributed by atoms with Gasteiger partial charge in [0, 0.05) is 19.4 Å². The van der Waals surface area contributed by atoms with Crippen LogP contribution in [-0.2, 0) is 32.7 Å². The van der Waals surface area contributed by atoms with Gasteiger partial charge in [0.05, 0.1) is 13.2 Å². The summed E-state index contributed by atoms with van der Waals surface area (Å²) in [5, 5.41) is 0. The Kier molecular flexibility index (Phi) is 42.4. The molecule has 0 aliphatic rings. The van der Waals surface area contributed by atoms with Gasteiger partial charge in [0.2, 0.25) is 0 Å². The maximum Gasteiger partial charge on any atom is 0.472 e. The van der Waals surface area contributed by atoms with Crippen LogP contribution in [0, 0.1) is 0 Å². The second-order valence-corrected chi connectivity index (χ2v) is 17.1. The van der Waals surface area contributed by atoms with Crippen molar-refractivity contribution in [1.82, 2.24) is 0 Å². The smallest absolute Gasteiger partial charge is 0.462 e. The van der Waals surface area contributed by atoms with Crippen molar-refractivity contribution >= 4 is 19.8 Å². The van der Waals surface area contributed by atoms with Crippen molar-refractivity contribution in [2.75, 3.05) is 26.4 Å². The lowest BCUT2D eigenvalue weighted by Gasteiger charge is -2.19. The van der Waals surface area contributed by atoms with Gasteiger partial charge >= 0.3 is 19.8 Å². The zero-order valence-electron chi connectivity index (χ0n) is 36.8. The van der Waals surface area contributed by atoms with Crippen LogP contribution in [0.15, 0.2) is 36.5 Å². The van der Waals surface area contributed by atoms with Crippen LogP contribution in [0.1, 0.15) is 219 Å². The van der Waals surface area contributed by atoms with E-state index in [-0.39, 0.29) is 32.6 Å². The van der Waals surface area contributed by atoms with E-state index in [0.717, 1.165) is 38.5 Å². The number of carbonyl (C=O) groups excluding carboxylic acids is 2. The van der Waals surface area contributed by atoms with Crippen LogP contribution in [0.3, 0.4) is 0 Å². The van der Waals surface area contributed by atoms with E-state index < -0.39 is 32.5 Å². The molecule has 2 atom stereocenters. The second kappa shape index (κ2) is 43.8. The van der Waals surface area contributed by atoms with Gasteiger partial charge in [0.15, 0.2) is 6.10 Å². The van der Waals surface area contributed by atoms with Crippen molar-refractivity contribution in [1.29, 1.82) is 0 Å².